The summed E-state index contributed by atoms with van der Waals surface area (Å²) in [4.78, 5) is 42.6. The van der Waals surface area contributed by atoms with Crippen LogP contribution in [-0.2, 0) is 19.1 Å². The molecule has 0 spiro atoms. The second kappa shape index (κ2) is 9.00. The fourth-order valence-corrected chi connectivity index (χ4v) is 5.80. The van der Waals surface area contributed by atoms with E-state index in [-0.39, 0.29) is 12.5 Å². The van der Waals surface area contributed by atoms with Crippen LogP contribution in [0.15, 0.2) is 42.5 Å². The lowest BCUT2D eigenvalue weighted by Gasteiger charge is -2.33. The molecule has 5 rings (SSSR count). The topological polar surface area (TPSA) is 94.2 Å². The molecule has 3 aliphatic heterocycles. The number of amides is 2. The number of benzene rings is 2. The summed E-state index contributed by atoms with van der Waals surface area (Å²) in [5.74, 6) is -1.78. The van der Waals surface area contributed by atoms with Gasteiger partial charge in [0.15, 0.2) is 11.5 Å². The number of ether oxygens (including phenoxy) is 3. The van der Waals surface area contributed by atoms with Crippen molar-refractivity contribution in [1.82, 2.24) is 5.32 Å². The van der Waals surface area contributed by atoms with Crippen molar-refractivity contribution in [2.45, 2.75) is 45.2 Å². The maximum Gasteiger partial charge on any atom is 0.327 e. The normalized spacial score (nSPS) is 27.2. The zero-order chi connectivity index (χ0) is 24.7. The third kappa shape index (κ3) is 3.58. The Morgan fingerprint density at radius 3 is 2.54 bits per heavy atom. The smallest absolute Gasteiger partial charge is 0.327 e. The Kier molecular flexibility index (Phi) is 6.01. The van der Waals surface area contributed by atoms with Gasteiger partial charge in [-0.25, -0.2) is 4.90 Å². The van der Waals surface area contributed by atoms with Crippen molar-refractivity contribution in [1.29, 1.82) is 0 Å². The number of rotatable bonds is 6. The van der Waals surface area contributed by atoms with E-state index in [2.05, 4.69) is 5.32 Å². The number of anilines is 1. The lowest BCUT2D eigenvalue weighted by atomic mass is 9.76. The Morgan fingerprint density at radius 2 is 1.83 bits per heavy atom. The Morgan fingerprint density at radius 1 is 1.09 bits per heavy atom. The van der Waals surface area contributed by atoms with Crippen LogP contribution in [0.1, 0.15) is 43.9 Å². The van der Waals surface area contributed by atoms with Crippen molar-refractivity contribution in [3.05, 3.63) is 53.6 Å². The van der Waals surface area contributed by atoms with Gasteiger partial charge in [0.05, 0.1) is 24.1 Å². The van der Waals surface area contributed by atoms with Crippen molar-refractivity contribution in [3.8, 4) is 11.5 Å². The highest BCUT2D eigenvalue weighted by Crippen LogP contribution is 2.52. The Bertz CT molecular complexity index is 1180. The summed E-state index contributed by atoms with van der Waals surface area (Å²) in [5, 5.41) is 3.44. The second-order valence-electron chi connectivity index (χ2n) is 9.26. The molecule has 2 saturated heterocycles. The van der Waals surface area contributed by atoms with E-state index in [4.69, 9.17) is 14.2 Å². The molecule has 1 N–H and O–H groups in total. The zero-order valence-corrected chi connectivity index (χ0v) is 20.2. The van der Waals surface area contributed by atoms with E-state index in [1.165, 1.54) is 4.90 Å². The first-order chi connectivity index (χ1) is 16.9. The van der Waals surface area contributed by atoms with Gasteiger partial charge < -0.3 is 14.2 Å². The summed E-state index contributed by atoms with van der Waals surface area (Å²) in [5.41, 5.74) is 1.00. The van der Waals surface area contributed by atoms with Crippen LogP contribution < -0.4 is 19.7 Å². The molecule has 0 radical (unpaired) electrons. The van der Waals surface area contributed by atoms with E-state index in [9.17, 15) is 14.4 Å². The minimum absolute atomic E-state index is 0.187. The van der Waals surface area contributed by atoms with Gasteiger partial charge in [-0.15, -0.1) is 0 Å². The molecule has 2 fully saturated rings. The minimum Gasteiger partial charge on any atom is -0.486 e. The molecule has 3 aliphatic rings. The molecule has 8 nitrogen and oxygen atoms in total. The van der Waals surface area contributed by atoms with Crippen LogP contribution in [0.4, 0.5) is 5.69 Å². The third-order valence-electron chi connectivity index (χ3n) is 7.25. The summed E-state index contributed by atoms with van der Waals surface area (Å²) >= 11 is 0. The third-order valence-corrected chi connectivity index (χ3v) is 7.25. The highest BCUT2D eigenvalue weighted by molar-refractivity contribution is 6.24. The largest absolute Gasteiger partial charge is 0.486 e. The van der Waals surface area contributed by atoms with Gasteiger partial charge in [0, 0.05) is 12.1 Å². The van der Waals surface area contributed by atoms with E-state index >= 15 is 0 Å². The van der Waals surface area contributed by atoms with Gasteiger partial charge >= 0.3 is 5.97 Å². The molecule has 0 bridgehead atoms. The molecule has 0 unspecified atom stereocenters. The number of carbonyl (C=O) groups is 3. The first-order valence-electron chi connectivity index (χ1n) is 12.2. The van der Waals surface area contributed by atoms with Crippen LogP contribution in [0, 0.1) is 18.8 Å². The van der Waals surface area contributed by atoms with Crippen molar-refractivity contribution in [2.75, 3.05) is 24.7 Å². The van der Waals surface area contributed by atoms with Crippen LogP contribution in [0.2, 0.25) is 0 Å². The molecule has 0 aliphatic carbocycles. The van der Waals surface area contributed by atoms with Crippen molar-refractivity contribution >= 4 is 23.5 Å². The number of aryl methyl sites for hydroxylation is 1. The number of nitrogens with zero attached hydrogens (tertiary/aromatic N) is 1. The number of carbonyl (C=O) groups excluding carboxylic acids is 3. The summed E-state index contributed by atoms with van der Waals surface area (Å²) < 4.78 is 16.8. The summed E-state index contributed by atoms with van der Waals surface area (Å²) in [7, 11) is 0. The average Bonchev–Trinajstić information content (AvgIpc) is 3.33. The molecular formula is C27H30N2O6. The van der Waals surface area contributed by atoms with E-state index in [1.54, 1.807) is 25.1 Å². The van der Waals surface area contributed by atoms with E-state index < -0.39 is 35.3 Å². The molecule has 2 amide bonds. The first kappa shape index (κ1) is 23.4. The van der Waals surface area contributed by atoms with Gasteiger partial charge in [0.2, 0.25) is 11.8 Å². The fourth-order valence-electron chi connectivity index (χ4n) is 5.80. The number of hydrogen-bond acceptors (Lipinski definition) is 7. The Hall–Kier alpha value is -3.39. The average molecular weight is 479 g/mol. The SMILES string of the molecule is CCC[C@]1(C(=O)OCC)N[C@@H](c2ccccc2C)[C@H]2C(=O)N(c3ccc4c(c3)OCCO4)C(=O)[C@@H]21. The van der Waals surface area contributed by atoms with Gasteiger partial charge in [-0.2, -0.15) is 0 Å². The molecular weight excluding hydrogens is 448 g/mol. The van der Waals surface area contributed by atoms with Crippen LogP contribution >= 0.6 is 0 Å². The molecule has 35 heavy (non-hydrogen) atoms. The summed E-state index contributed by atoms with van der Waals surface area (Å²) in [6, 6.07) is 12.3. The fraction of sp³-hybridized carbons (Fsp3) is 0.444. The molecule has 2 aromatic rings. The van der Waals surface area contributed by atoms with E-state index in [1.807, 2.05) is 38.1 Å². The molecule has 3 heterocycles. The van der Waals surface area contributed by atoms with Gasteiger partial charge in [0.25, 0.3) is 0 Å². The molecule has 2 aromatic carbocycles. The van der Waals surface area contributed by atoms with Crippen LogP contribution in [0.25, 0.3) is 0 Å². The molecule has 0 aromatic heterocycles. The Balaban J connectivity index is 1.63. The number of fused-ring (bicyclic) bond motifs is 2. The van der Waals surface area contributed by atoms with Gasteiger partial charge in [-0.05, 0) is 43.5 Å². The maximum absolute atomic E-state index is 14.0. The summed E-state index contributed by atoms with van der Waals surface area (Å²) in [6.07, 6.45) is 1.02. The predicted molar refractivity (Wildman–Crippen MR) is 128 cm³/mol. The predicted octanol–water partition coefficient (Wildman–Crippen LogP) is 3.32. The van der Waals surface area contributed by atoms with Gasteiger partial charge in [0.1, 0.15) is 18.8 Å². The standard InChI is InChI=1S/C27H30N2O6/c1-4-12-27(26(32)33-5-2)22-21(23(28-27)18-9-7-6-8-16(18)3)24(30)29(25(22)31)17-10-11-19-20(15-17)35-14-13-34-19/h6-11,15,21-23,28H,4-5,12-14H2,1-3H3/t21-,22+,23-,27-/m0/s1. The Labute approximate surface area is 204 Å². The number of hydrogen-bond donors (Lipinski definition) is 1. The molecule has 4 atom stereocenters. The lowest BCUT2D eigenvalue weighted by Crippen LogP contribution is -2.56. The number of imide groups is 1. The van der Waals surface area contributed by atoms with Crippen molar-refractivity contribution in [2.24, 2.45) is 11.8 Å². The quantitative estimate of drug-likeness (QED) is 0.503. The minimum atomic E-state index is -1.29. The van der Waals surface area contributed by atoms with E-state index in [0.717, 1.165) is 11.1 Å². The zero-order valence-electron chi connectivity index (χ0n) is 20.2. The summed E-state index contributed by atoms with van der Waals surface area (Å²) in [6.45, 7) is 6.69. The maximum atomic E-state index is 14.0. The molecule has 184 valence electrons. The van der Waals surface area contributed by atoms with Crippen molar-refractivity contribution in [3.63, 3.8) is 0 Å². The van der Waals surface area contributed by atoms with Crippen LogP contribution in [0.5, 0.6) is 11.5 Å². The lowest BCUT2D eigenvalue weighted by molar-refractivity contribution is -0.155. The van der Waals surface area contributed by atoms with Gasteiger partial charge in [-0.1, -0.05) is 37.6 Å². The molecule has 0 saturated carbocycles. The van der Waals surface area contributed by atoms with Crippen molar-refractivity contribution < 1.29 is 28.6 Å². The monoisotopic (exact) mass is 478 g/mol. The highest BCUT2D eigenvalue weighted by atomic mass is 16.6. The molecule has 8 heteroatoms. The number of esters is 1. The number of nitrogens with one attached hydrogen (secondary N) is 1. The van der Waals surface area contributed by atoms with Crippen LogP contribution in [-0.4, -0.2) is 43.1 Å². The van der Waals surface area contributed by atoms with E-state index in [0.29, 0.717) is 43.2 Å². The second-order valence-corrected chi connectivity index (χ2v) is 9.26. The highest BCUT2D eigenvalue weighted by Gasteiger charge is 2.68. The first-order valence-corrected chi connectivity index (χ1v) is 12.2. The van der Waals surface area contributed by atoms with Crippen LogP contribution in [0.3, 0.4) is 0 Å². The van der Waals surface area contributed by atoms with Gasteiger partial charge in [-0.3, -0.25) is 19.7 Å².